The summed E-state index contributed by atoms with van der Waals surface area (Å²) in [4.78, 5) is 4.34. The number of hydrogen-bond donors (Lipinski definition) is 1. The van der Waals surface area contributed by atoms with Crippen LogP contribution < -0.4 is 5.73 Å². The van der Waals surface area contributed by atoms with Crippen LogP contribution in [0.15, 0.2) is 18.2 Å². The number of nitrogens with two attached hydrogens (primary N) is 1. The zero-order valence-electron chi connectivity index (χ0n) is 10.6. The molecule has 1 unspecified atom stereocenters. The summed E-state index contributed by atoms with van der Waals surface area (Å²) in [6, 6.07) is 3.32. The Morgan fingerprint density at radius 3 is 2.50 bits per heavy atom. The molecule has 2 N–H and O–H groups in total. The van der Waals surface area contributed by atoms with Gasteiger partial charge in [0.2, 0.25) is 0 Å². The second-order valence-electron chi connectivity index (χ2n) is 4.76. The molecule has 0 spiro atoms. The lowest BCUT2D eigenvalue weighted by Crippen LogP contribution is -2.47. The smallest absolute Gasteiger partial charge is 0.128 e. The Bertz CT molecular complexity index is 403. The lowest BCUT2D eigenvalue weighted by atomic mass is 10.0. The first-order valence-electron chi connectivity index (χ1n) is 6.19. The van der Waals surface area contributed by atoms with Gasteiger partial charge in [0.1, 0.15) is 11.6 Å². The molecule has 1 aromatic carbocycles. The molecular weight excluding hydrogens is 236 g/mol. The molecule has 1 saturated heterocycles. The van der Waals surface area contributed by atoms with Gasteiger partial charge in [-0.2, -0.15) is 0 Å². The van der Waals surface area contributed by atoms with Crippen molar-refractivity contribution < 1.29 is 8.78 Å². The maximum atomic E-state index is 13.8. The minimum Gasteiger partial charge on any atom is -0.329 e. The van der Waals surface area contributed by atoms with Gasteiger partial charge in [-0.3, -0.25) is 4.90 Å². The van der Waals surface area contributed by atoms with Gasteiger partial charge in [-0.25, -0.2) is 8.78 Å². The minimum atomic E-state index is -0.418. The normalized spacial score (nSPS) is 20.0. The summed E-state index contributed by atoms with van der Waals surface area (Å²) in [5.74, 6) is -0.801. The number of likely N-dealkylation sites (N-methyl/N-ethyl adjacent to an activating group) is 1. The van der Waals surface area contributed by atoms with Crippen molar-refractivity contribution in [2.75, 3.05) is 39.8 Å². The predicted molar refractivity (Wildman–Crippen MR) is 67.2 cm³/mol. The first-order chi connectivity index (χ1) is 8.61. The largest absolute Gasteiger partial charge is 0.329 e. The highest BCUT2D eigenvalue weighted by molar-refractivity contribution is 5.23. The molecule has 0 amide bonds. The Morgan fingerprint density at radius 1 is 1.22 bits per heavy atom. The van der Waals surface area contributed by atoms with Crippen LogP contribution in [0.5, 0.6) is 0 Å². The highest BCUT2D eigenvalue weighted by atomic mass is 19.1. The zero-order valence-corrected chi connectivity index (χ0v) is 10.6. The molecule has 0 aromatic heterocycles. The first kappa shape index (κ1) is 13.4. The standard InChI is InChI=1S/C13H19F2N3/c1-17-4-6-18(7-5-17)13(9-16)11-8-10(14)2-3-12(11)15/h2-3,8,13H,4-7,9,16H2,1H3. The number of hydrogen-bond acceptors (Lipinski definition) is 3. The van der Waals surface area contributed by atoms with Gasteiger partial charge in [0.15, 0.2) is 0 Å². The Kier molecular flexibility index (Phi) is 4.27. The van der Waals surface area contributed by atoms with E-state index in [1.807, 2.05) is 0 Å². The molecule has 0 aliphatic carbocycles. The number of benzene rings is 1. The van der Waals surface area contributed by atoms with Crippen LogP contribution in [-0.4, -0.2) is 49.6 Å². The fourth-order valence-corrected chi connectivity index (χ4v) is 2.38. The van der Waals surface area contributed by atoms with E-state index in [0.717, 1.165) is 32.2 Å². The molecular formula is C13H19F2N3. The van der Waals surface area contributed by atoms with Gasteiger partial charge in [0.25, 0.3) is 0 Å². The van der Waals surface area contributed by atoms with Crippen molar-refractivity contribution in [3.8, 4) is 0 Å². The molecule has 0 bridgehead atoms. The van der Waals surface area contributed by atoms with Crippen molar-refractivity contribution in [3.63, 3.8) is 0 Å². The minimum absolute atomic E-state index is 0.241. The van der Waals surface area contributed by atoms with Gasteiger partial charge >= 0.3 is 0 Å². The lowest BCUT2D eigenvalue weighted by molar-refractivity contribution is 0.112. The van der Waals surface area contributed by atoms with Crippen molar-refractivity contribution >= 4 is 0 Å². The summed E-state index contributed by atoms with van der Waals surface area (Å²) in [7, 11) is 2.05. The highest BCUT2D eigenvalue weighted by Crippen LogP contribution is 2.24. The fourth-order valence-electron chi connectivity index (χ4n) is 2.38. The summed E-state index contributed by atoms with van der Waals surface area (Å²) in [5, 5.41) is 0. The van der Waals surface area contributed by atoms with Crippen LogP contribution in [0.4, 0.5) is 8.78 Å². The molecule has 5 heteroatoms. The molecule has 0 saturated carbocycles. The van der Waals surface area contributed by atoms with Gasteiger partial charge in [-0.1, -0.05) is 0 Å². The number of halogens is 2. The lowest BCUT2D eigenvalue weighted by Gasteiger charge is -2.37. The average molecular weight is 255 g/mol. The van der Waals surface area contributed by atoms with Crippen LogP contribution in [0.25, 0.3) is 0 Å². The van der Waals surface area contributed by atoms with Crippen LogP contribution >= 0.6 is 0 Å². The van der Waals surface area contributed by atoms with E-state index in [0.29, 0.717) is 12.1 Å². The average Bonchev–Trinajstić information content (AvgIpc) is 2.37. The van der Waals surface area contributed by atoms with Gasteiger partial charge in [-0.05, 0) is 25.2 Å². The maximum Gasteiger partial charge on any atom is 0.128 e. The number of piperazine rings is 1. The van der Waals surface area contributed by atoms with Crippen LogP contribution in [0.2, 0.25) is 0 Å². The van der Waals surface area contributed by atoms with Crippen molar-refractivity contribution in [2.45, 2.75) is 6.04 Å². The second-order valence-corrected chi connectivity index (χ2v) is 4.76. The SMILES string of the molecule is CN1CCN(C(CN)c2cc(F)ccc2F)CC1. The van der Waals surface area contributed by atoms with Crippen molar-refractivity contribution in [2.24, 2.45) is 5.73 Å². The van der Waals surface area contributed by atoms with Gasteiger partial charge in [0, 0.05) is 38.3 Å². The molecule has 1 atom stereocenters. The Hall–Kier alpha value is -1.04. The fraction of sp³-hybridized carbons (Fsp3) is 0.538. The number of nitrogens with zero attached hydrogens (tertiary/aromatic N) is 2. The van der Waals surface area contributed by atoms with Crippen LogP contribution in [0.1, 0.15) is 11.6 Å². The molecule has 1 aromatic rings. The summed E-state index contributed by atoms with van der Waals surface area (Å²) < 4.78 is 27.0. The van der Waals surface area contributed by atoms with E-state index in [2.05, 4.69) is 16.8 Å². The third-order valence-corrected chi connectivity index (χ3v) is 3.52. The van der Waals surface area contributed by atoms with Crippen LogP contribution in [0, 0.1) is 11.6 Å². The topological polar surface area (TPSA) is 32.5 Å². The third kappa shape index (κ3) is 2.85. The van der Waals surface area contributed by atoms with Gasteiger partial charge in [0.05, 0.1) is 6.04 Å². The predicted octanol–water partition coefficient (Wildman–Crippen LogP) is 1.21. The summed E-state index contributed by atoms with van der Waals surface area (Å²) in [5.41, 5.74) is 6.11. The van der Waals surface area contributed by atoms with E-state index in [1.54, 1.807) is 0 Å². The zero-order chi connectivity index (χ0) is 13.1. The van der Waals surface area contributed by atoms with E-state index < -0.39 is 5.82 Å². The monoisotopic (exact) mass is 255 g/mol. The van der Waals surface area contributed by atoms with Crippen molar-refractivity contribution in [1.29, 1.82) is 0 Å². The quantitative estimate of drug-likeness (QED) is 0.881. The molecule has 1 heterocycles. The third-order valence-electron chi connectivity index (χ3n) is 3.52. The first-order valence-corrected chi connectivity index (χ1v) is 6.19. The number of rotatable bonds is 3. The molecule has 100 valence electrons. The molecule has 2 rings (SSSR count). The van der Waals surface area contributed by atoms with E-state index in [-0.39, 0.29) is 11.9 Å². The van der Waals surface area contributed by atoms with E-state index in [1.165, 1.54) is 12.1 Å². The second kappa shape index (κ2) is 5.73. The Labute approximate surface area is 106 Å². The summed E-state index contributed by atoms with van der Waals surface area (Å²) >= 11 is 0. The Balaban J connectivity index is 2.19. The van der Waals surface area contributed by atoms with Crippen LogP contribution in [0.3, 0.4) is 0 Å². The molecule has 1 aliphatic rings. The van der Waals surface area contributed by atoms with E-state index in [9.17, 15) is 8.78 Å². The van der Waals surface area contributed by atoms with Crippen molar-refractivity contribution in [3.05, 3.63) is 35.4 Å². The molecule has 1 aliphatic heterocycles. The summed E-state index contributed by atoms with van der Waals surface area (Å²) in [6.45, 7) is 3.80. The highest BCUT2D eigenvalue weighted by Gasteiger charge is 2.25. The van der Waals surface area contributed by atoms with Crippen molar-refractivity contribution in [1.82, 2.24) is 9.80 Å². The van der Waals surface area contributed by atoms with E-state index in [4.69, 9.17) is 5.73 Å². The molecule has 18 heavy (non-hydrogen) atoms. The molecule has 0 radical (unpaired) electrons. The van der Waals surface area contributed by atoms with Crippen LogP contribution in [-0.2, 0) is 0 Å². The van der Waals surface area contributed by atoms with Gasteiger partial charge in [-0.15, -0.1) is 0 Å². The molecule has 1 fully saturated rings. The van der Waals surface area contributed by atoms with E-state index >= 15 is 0 Å². The summed E-state index contributed by atoms with van der Waals surface area (Å²) in [6.07, 6.45) is 0. The maximum absolute atomic E-state index is 13.8. The molecule has 3 nitrogen and oxygen atoms in total. The van der Waals surface area contributed by atoms with Gasteiger partial charge < -0.3 is 10.6 Å². The Morgan fingerprint density at radius 2 is 1.89 bits per heavy atom.